The zero-order chi connectivity index (χ0) is 22.5. The number of benzene rings is 2. The maximum absolute atomic E-state index is 13.2. The van der Waals surface area contributed by atoms with Crippen LogP contribution in [0.2, 0.25) is 0 Å². The predicted octanol–water partition coefficient (Wildman–Crippen LogP) is 4.99. The van der Waals surface area contributed by atoms with Crippen LogP contribution in [0.25, 0.3) is 0 Å². The first kappa shape index (κ1) is 22.1. The second kappa shape index (κ2) is 9.99. The third kappa shape index (κ3) is 4.70. The lowest BCUT2D eigenvalue weighted by molar-refractivity contribution is 0.0713. The molecule has 5 nitrogen and oxygen atoms in total. The lowest BCUT2D eigenvalue weighted by Gasteiger charge is -2.33. The minimum absolute atomic E-state index is 0.00739. The Balaban J connectivity index is 1.45. The molecule has 4 rings (SSSR count). The number of rotatable bonds is 6. The van der Waals surface area contributed by atoms with Crippen molar-refractivity contribution in [2.45, 2.75) is 57.3 Å². The average molecular weight is 430 g/mol. The zero-order valence-electron chi connectivity index (χ0n) is 18.8. The van der Waals surface area contributed by atoms with E-state index in [4.69, 9.17) is 5.26 Å². The highest BCUT2D eigenvalue weighted by atomic mass is 16.2. The van der Waals surface area contributed by atoms with Gasteiger partial charge >= 0.3 is 0 Å². The van der Waals surface area contributed by atoms with Crippen molar-refractivity contribution in [3.05, 3.63) is 70.3 Å². The Labute approximate surface area is 190 Å². The summed E-state index contributed by atoms with van der Waals surface area (Å²) in [4.78, 5) is 28.0. The molecule has 1 N–H and O–H groups in total. The van der Waals surface area contributed by atoms with E-state index < -0.39 is 0 Å². The molecule has 1 aliphatic carbocycles. The molecule has 0 unspecified atom stereocenters. The summed E-state index contributed by atoms with van der Waals surface area (Å²) < 4.78 is 0. The molecule has 5 heteroatoms. The summed E-state index contributed by atoms with van der Waals surface area (Å²) in [5, 5.41) is 12.0. The number of likely N-dealkylation sites (tertiary alicyclic amines) is 1. The lowest BCUT2D eigenvalue weighted by Crippen LogP contribution is -2.38. The van der Waals surface area contributed by atoms with Crippen LogP contribution in [0.5, 0.6) is 0 Å². The molecule has 1 saturated heterocycles. The van der Waals surface area contributed by atoms with Crippen LogP contribution in [0.4, 0.5) is 0 Å². The van der Waals surface area contributed by atoms with Crippen LogP contribution in [0.1, 0.15) is 94.7 Å². The normalized spacial score (nSPS) is 16.8. The summed E-state index contributed by atoms with van der Waals surface area (Å²) in [5.74, 6) is 0.781. The Hall–Kier alpha value is -3.13. The third-order valence-corrected chi connectivity index (χ3v) is 6.92. The average Bonchev–Trinajstić information content (AvgIpc) is 2.81. The van der Waals surface area contributed by atoms with Gasteiger partial charge in [0.15, 0.2) is 0 Å². The smallest absolute Gasteiger partial charge is 0.253 e. The molecule has 2 aliphatic rings. The number of nitrogens with one attached hydrogen (secondary N) is 1. The molecule has 2 fully saturated rings. The van der Waals surface area contributed by atoms with E-state index in [1.807, 2.05) is 54.3 Å². The van der Waals surface area contributed by atoms with E-state index in [0.717, 1.165) is 37.7 Å². The zero-order valence-corrected chi connectivity index (χ0v) is 18.8. The Bertz CT molecular complexity index is 1010. The van der Waals surface area contributed by atoms with Gasteiger partial charge in [-0.3, -0.25) is 9.59 Å². The molecule has 2 amide bonds. The number of carbonyl (C=O) groups excluding carboxylic acids is 2. The van der Waals surface area contributed by atoms with Gasteiger partial charge in [-0.05, 0) is 79.3 Å². The van der Waals surface area contributed by atoms with Gasteiger partial charge in [-0.2, -0.15) is 5.26 Å². The first-order valence-corrected chi connectivity index (χ1v) is 11.8. The highest BCUT2D eigenvalue weighted by molar-refractivity contribution is 6.01. The van der Waals surface area contributed by atoms with E-state index in [2.05, 4.69) is 11.4 Å². The minimum atomic E-state index is -0.0667. The van der Waals surface area contributed by atoms with Crippen LogP contribution in [0.3, 0.4) is 0 Å². The first-order chi connectivity index (χ1) is 15.6. The fourth-order valence-electron chi connectivity index (χ4n) is 4.72. The van der Waals surface area contributed by atoms with E-state index in [9.17, 15) is 9.59 Å². The highest BCUT2D eigenvalue weighted by Gasteiger charge is 2.28. The van der Waals surface area contributed by atoms with Gasteiger partial charge < -0.3 is 10.2 Å². The van der Waals surface area contributed by atoms with Gasteiger partial charge in [0.2, 0.25) is 0 Å². The van der Waals surface area contributed by atoms with Gasteiger partial charge in [0, 0.05) is 30.8 Å². The molecule has 0 radical (unpaired) electrons. The van der Waals surface area contributed by atoms with Crippen molar-refractivity contribution in [2.24, 2.45) is 0 Å². The minimum Gasteiger partial charge on any atom is -0.352 e. The van der Waals surface area contributed by atoms with Crippen molar-refractivity contribution in [1.29, 1.82) is 5.26 Å². The van der Waals surface area contributed by atoms with Gasteiger partial charge in [0.25, 0.3) is 11.8 Å². The molecule has 0 bridgehead atoms. The topological polar surface area (TPSA) is 73.2 Å². The number of carbonyl (C=O) groups is 2. The molecule has 0 atom stereocenters. The fraction of sp³-hybridized carbons (Fsp3) is 0.444. The van der Waals surface area contributed by atoms with E-state index in [1.165, 1.54) is 12.0 Å². The SMILES string of the molecule is CCCNC(=O)c1cc(C(=O)N2CCC(c3ccc(C#N)cc3)CC2)ccc1C1CCC1. The molecule has 1 saturated carbocycles. The van der Waals surface area contributed by atoms with Crippen molar-refractivity contribution in [3.63, 3.8) is 0 Å². The van der Waals surface area contributed by atoms with Gasteiger partial charge in [0.1, 0.15) is 0 Å². The molecule has 2 aromatic rings. The van der Waals surface area contributed by atoms with Gasteiger partial charge in [0.05, 0.1) is 11.6 Å². The number of nitrogens with zero attached hydrogens (tertiary/aromatic N) is 2. The highest BCUT2D eigenvalue weighted by Crippen LogP contribution is 2.38. The number of amides is 2. The van der Waals surface area contributed by atoms with Crippen molar-refractivity contribution < 1.29 is 9.59 Å². The molecular weight excluding hydrogens is 398 g/mol. The molecule has 32 heavy (non-hydrogen) atoms. The molecule has 0 aromatic heterocycles. The van der Waals surface area contributed by atoms with Crippen molar-refractivity contribution in [2.75, 3.05) is 19.6 Å². The monoisotopic (exact) mass is 429 g/mol. The van der Waals surface area contributed by atoms with E-state index in [-0.39, 0.29) is 11.8 Å². The largest absolute Gasteiger partial charge is 0.352 e. The molecule has 1 heterocycles. The van der Waals surface area contributed by atoms with E-state index >= 15 is 0 Å². The summed E-state index contributed by atoms with van der Waals surface area (Å²) in [6, 6.07) is 15.7. The lowest BCUT2D eigenvalue weighted by atomic mass is 9.77. The van der Waals surface area contributed by atoms with Crippen molar-refractivity contribution in [1.82, 2.24) is 10.2 Å². The molecule has 0 spiro atoms. The third-order valence-electron chi connectivity index (χ3n) is 6.92. The molecule has 1 aliphatic heterocycles. The van der Waals surface area contributed by atoms with Crippen LogP contribution in [0.15, 0.2) is 42.5 Å². The van der Waals surface area contributed by atoms with Crippen LogP contribution in [-0.2, 0) is 0 Å². The Kier molecular flexibility index (Phi) is 6.90. The van der Waals surface area contributed by atoms with Crippen LogP contribution < -0.4 is 5.32 Å². The Morgan fingerprint density at radius 2 is 1.75 bits per heavy atom. The standard InChI is InChI=1S/C27H31N3O2/c1-2-14-29-26(31)25-17-23(10-11-24(25)22-4-3-5-22)27(32)30-15-12-21(13-16-30)20-8-6-19(18-28)7-9-20/h6-11,17,21-22H,2-5,12-16H2,1H3,(H,29,31). The van der Waals surface area contributed by atoms with Gasteiger partial charge in [-0.25, -0.2) is 0 Å². The van der Waals surface area contributed by atoms with Crippen molar-refractivity contribution >= 4 is 11.8 Å². The van der Waals surface area contributed by atoms with Gasteiger partial charge in [-0.1, -0.05) is 31.5 Å². The van der Waals surface area contributed by atoms with Gasteiger partial charge in [-0.15, -0.1) is 0 Å². The number of hydrogen-bond acceptors (Lipinski definition) is 3. The maximum atomic E-state index is 13.2. The second-order valence-corrected chi connectivity index (χ2v) is 8.99. The summed E-state index contributed by atoms with van der Waals surface area (Å²) in [6.07, 6.45) is 6.13. The molecular formula is C27H31N3O2. The first-order valence-electron chi connectivity index (χ1n) is 11.8. The summed E-state index contributed by atoms with van der Waals surface area (Å²) in [7, 11) is 0. The predicted molar refractivity (Wildman–Crippen MR) is 125 cm³/mol. The maximum Gasteiger partial charge on any atom is 0.253 e. The fourth-order valence-corrected chi connectivity index (χ4v) is 4.72. The second-order valence-electron chi connectivity index (χ2n) is 8.99. The molecule has 166 valence electrons. The van der Waals surface area contributed by atoms with Crippen LogP contribution in [0, 0.1) is 11.3 Å². The molecule has 2 aromatic carbocycles. The summed E-state index contributed by atoms with van der Waals surface area (Å²) >= 11 is 0. The van der Waals surface area contributed by atoms with E-state index in [1.54, 1.807) is 0 Å². The van der Waals surface area contributed by atoms with Crippen molar-refractivity contribution in [3.8, 4) is 6.07 Å². The number of piperidine rings is 1. The number of nitriles is 1. The summed E-state index contributed by atoms with van der Waals surface area (Å²) in [6.45, 7) is 4.08. The quantitative estimate of drug-likeness (QED) is 0.703. The Morgan fingerprint density at radius 3 is 2.34 bits per heavy atom. The van der Waals surface area contributed by atoms with E-state index in [0.29, 0.717) is 48.2 Å². The number of hydrogen-bond donors (Lipinski definition) is 1. The summed E-state index contributed by atoms with van der Waals surface area (Å²) in [5.41, 5.74) is 4.26. The van der Waals surface area contributed by atoms with Crippen LogP contribution in [-0.4, -0.2) is 36.3 Å². The van der Waals surface area contributed by atoms with Crippen LogP contribution >= 0.6 is 0 Å². The Morgan fingerprint density at radius 1 is 1.03 bits per heavy atom.